The Bertz CT molecular complexity index is 533. The molecule has 0 spiro atoms. The van der Waals surface area contributed by atoms with Gasteiger partial charge in [-0.15, -0.1) is 0 Å². The van der Waals surface area contributed by atoms with Crippen molar-refractivity contribution in [3.05, 3.63) is 28.2 Å². The van der Waals surface area contributed by atoms with Crippen molar-refractivity contribution in [2.45, 2.75) is 0 Å². The average molecular weight is 269 g/mol. The largest absolute Gasteiger partial charge is 0.465 e. The van der Waals surface area contributed by atoms with Crippen LogP contribution < -0.4 is 5.73 Å². The summed E-state index contributed by atoms with van der Waals surface area (Å²) in [4.78, 5) is 14.4. The molecule has 0 aliphatic heterocycles. The van der Waals surface area contributed by atoms with Crippen LogP contribution in [-0.2, 0) is 4.74 Å². The first-order valence-corrected chi connectivity index (χ1v) is 5.08. The number of hydrogen-bond acceptors (Lipinski definition) is 3. The Balaban J connectivity index is 2.73. The second-order valence-corrected chi connectivity index (χ2v) is 4.01. The summed E-state index contributed by atoms with van der Waals surface area (Å²) in [5.74, 6) is -0.101. The van der Waals surface area contributed by atoms with E-state index in [0.29, 0.717) is 11.4 Å². The number of nitrogens with one attached hydrogen (secondary N) is 1. The van der Waals surface area contributed by atoms with Gasteiger partial charge in [0.15, 0.2) is 0 Å². The first kappa shape index (κ1) is 10.0. The van der Waals surface area contributed by atoms with Gasteiger partial charge in [-0.05, 0) is 12.1 Å². The topological polar surface area (TPSA) is 68.1 Å². The molecule has 2 rings (SSSR count). The Morgan fingerprint density at radius 3 is 2.93 bits per heavy atom. The van der Waals surface area contributed by atoms with E-state index < -0.39 is 5.97 Å². The molecule has 0 atom stereocenters. The van der Waals surface area contributed by atoms with Crippen molar-refractivity contribution in [1.82, 2.24) is 4.98 Å². The van der Waals surface area contributed by atoms with Crippen LogP contribution in [0.2, 0.25) is 0 Å². The number of anilines is 1. The SMILES string of the molecule is COC(=O)c1c(N)[nH]c2cc(Br)ccc12. The minimum atomic E-state index is -0.430. The Morgan fingerprint density at radius 1 is 1.53 bits per heavy atom. The average Bonchev–Trinajstić information content (AvgIpc) is 2.52. The van der Waals surface area contributed by atoms with E-state index in [9.17, 15) is 4.79 Å². The summed E-state index contributed by atoms with van der Waals surface area (Å²) in [6.07, 6.45) is 0. The van der Waals surface area contributed by atoms with Gasteiger partial charge in [-0.3, -0.25) is 0 Å². The van der Waals surface area contributed by atoms with Crippen molar-refractivity contribution < 1.29 is 9.53 Å². The number of esters is 1. The highest BCUT2D eigenvalue weighted by atomic mass is 79.9. The summed E-state index contributed by atoms with van der Waals surface area (Å²) in [5.41, 5.74) is 6.90. The smallest absolute Gasteiger partial charge is 0.342 e. The highest BCUT2D eigenvalue weighted by molar-refractivity contribution is 9.10. The van der Waals surface area contributed by atoms with Crippen molar-refractivity contribution in [3.63, 3.8) is 0 Å². The lowest BCUT2D eigenvalue weighted by molar-refractivity contribution is 0.0604. The van der Waals surface area contributed by atoms with E-state index in [-0.39, 0.29) is 0 Å². The third kappa shape index (κ3) is 1.59. The molecular formula is C10H9BrN2O2. The molecule has 0 bridgehead atoms. The van der Waals surface area contributed by atoms with Gasteiger partial charge >= 0.3 is 5.97 Å². The quantitative estimate of drug-likeness (QED) is 0.780. The first-order valence-electron chi connectivity index (χ1n) is 4.28. The van der Waals surface area contributed by atoms with E-state index in [4.69, 9.17) is 5.73 Å². The van der Waals surface area contributed by atoms with E-state index in [1.54, 1.807) is 0 Å². The number of aromatic nitrogens is 1. The maximum absolute atomic E-state index is 11.5. The van der Waals surface area contributed by atoms with E-state index in [1.807, 2.05) is 18.2 Å². The molecule has 2 aromatic rings. The molecule has 0 amide bonds. The van der Waals surface area contributed by atoms with Crippen molar-refractivity contribution in [3.8, 4) is 0 Å². The van der Waals surface area contributed by atoms with Crippen molar-refractivity contribution in [2.24, 2.45) is 0 Å². The fourth-order valence-electron chi connectivity index (χ4n) is 1.51. The van der Waals surface area contributed by atoms with Crippen LogP contribution in [0.4, 0.5) is 5.82 Å². The molecule has 0 radical (unpaired) electrons. The fourth-order valence-corrected chi connectivity index (χ4v) is 1.87. The molecule has 3 N–H and O–H groups in total. The highest BCUT2D eigenvalue weighted by Gasteiger charge is 2.16. The zero-order valence-electron chi connectivity index (χ0n) is 8.00. The molecule has 0 unspecified atom stereocenters. The van der Waals surface area contributed by atoms with Crippen molar-refractivity contribution >= 4 is 38.6 Å². The molecule has 4 nitrogen and oxygen atoms in total. The maximum atomic E-state index is 11.5. The number of nitrogens with two attached hydrogens (primary N) is 1. The van der Waals surface area contributed by atoms with Gasteiger partial charge in [-0.25, -0.2) is 4.79 Å². The number of nitrogen functional groups attached to an aromatic ring is 1. The van der Waals surface area contributed by atoms with Gasteiger partial charge in [-0.1, -0.05) is 22.0 Å². The predicted molar refractivity (Wildman–Crippen MR) is 61.8 cm³/mol. The second-order valence-electron chi connectivity index (χ2n) is 3.10. The van der Waals surface area contributed by atoms with Crippen LogP contribution in [0.15, 0.2) is 22.7 Å². The lowest BCUT2D eigenvalue weighted by atomic mass is 10.1. The summed E-state index contributed by atoms with van der Waals surface area (Å²) in [7, 11) is 1.33. The molecule has 15 heavy (non-hydrogen) atoms. The summed E-state index contributed by atoms with van der Waals surface area (Å²) in [5, 5.41) is 0.766. The number of fused-ring (bicyclic) bond motifs is 1. The zero-order chi connectivity index (χ0) is 11.0. The summed E-state index contributed by atoms with van der Waals surface area (Å²) < 4.78 is 5.59. The third-order valence-corrected chi connectivity index (χ3v) is 2.67. The van der Waals surface area contributed by atoms with Gasteiger partial charge < -0.3 is 15.5 Å². The van der Waals surface area contributed by atoms with Crippen molar-refractivity contribution in [1.29, 1.82) is 0 Å². The van der Waals surface area contributed by atoms with Crippen LogP contribution in [0, 0.1) is 0 Å². The number of methoxy groups -OCH3 is 1. The molecule has 0 fully saturated rings. The van der Waals surface area contributed by atoms with E-state index >= 15 is 0 Å². The minimum absolute atomic E-state index is 0.329. The molecule has 1 heterocycles. The number of carbonyl (C=O) groups excluding carboxylic acids is 1. The van der Waals surface area contributed by atoms with Crippen LogP contribution in [-0.4, -0.2) is 18.1 Å². The number of hydrogen-bond donors (Lipinski definition) is 2. The number of rotatable bonds is 1. The molecule has 0 aliphatic rings. The monoisotopic (exact) mass is 268 g/mol. The Labute approximate surface area is 94.5 Å². The summed E-state index contributed by atoms with van der Waals surface area (Å²) in [6.45, 7) is 0. The van der Waals surface area contributed by atoms with E-state index in [1.165, 1.54) is 7.11 Å². The molecule has 0 saturated heterocycles. The minimum Gasteiger partial charge on any atom is -0.465 e. The molecule has 1 aromatic carbocycles. The van der Waals surface area contributed by atoms with Gasteiger partial charge in [0, 0.05) is 15.4 Å². The molecule has 5 heteroatoms. The Hall–Kier alpha value is -1.49. The van der Waals surface area contributed by atoms with Gasteiger partial charge in [0.05, 0.1) is 7.11 Å². The molecular weight excluding hydrogens is 260 g/mol. The summed E-state index contributed by atoms with van der Waals surface area (Å²) in [6, 6.07) is 5.53. The number of H-pyrrole nitrogens is 1. The first-order chi connectivity index (χ1) is 7.13. The van der Waals surface area contributed by atoms with Crippen LogP contribution in [0.3, 0.4) is 0 Å². The Kier molecular flexibility index (Phi) is 2.40. The lowest BCUT2D eigenvalue weighted by Crippen LogP contribution is -2.03. The summed E-state index contributed by atoms with van der Waals surface area (Å²) >= 11 is 3.34. The highest BCUT2D eigenvalue weighted by Crippen LogP contribution is 2.27. The normalized spacial score (nSPS) is 10.5. The number of ether oxygens (including phenoxy) is 1. The number of benzene rings is 1. The molecule has 0 aliphatic carbocycles. The zero-order valence-corrected chi connectivity index (χ0v) is 9.59. The number of carbonyl (C=O) groups is 1. The lowest BCUT2D eigenvalue weighted by Gasteiger charge is -1.97. The second kappa shape index (κ2) is 3.58. The van der Waals surface area contributed by atoms with E-state index in [2.05, 4.69) is 25.7 Å². The maximum Gasteiger partial charge on any atom is 0.342 e. The number of aromatic amines is 1. The predicted octanol–water partition coefficient (Wildman–Crippen LogP) is 2.30. The van der Waals surface area contributed by atoms with Crippen LogP contribution >= 0.6 is 15.9 Å². The van der Waals surface area contributed by atoms with Gasteiger partial charge in [0.2, 0.25) is 0 Å². The number of halogens is 1. The van der Waals surface area contributed by atoms with Gasteiger partial charge in [0.25, 0.3) is 0 Å². The fraction of sp³-hybridized carbons (Fsp3) is 0.100. The van der Waals surface area contributed by atoms with Crippen LogP contribution in [0.25, 0.3) is 10.9 Å². The van der Waals surface area contributed by atoms with Crippen molar-refractivity contribution in [2.75, 3.05) is 12.8 Å². The third-order valence-electron chi connectivity index (χ3n) is 2.18. The molecule has 1 aromatic heterocycles. The Morgan fingerprint density at radius 2 is 2.27 bits per heavy atom. The van der Waals surface area contributed by atoms with Gasteiger partial charge in [0.1, 0.15) is 11.4 Å². The standard InChI is InChI=1S/C10H9BrN2O2/c1-15-10(14)8-6-3-2-5(11)4-7(6)13-9(8)12/h2-4,13H,12H2,1H3. The van der Waals surface area contributed by atoms with Gasteiger partial charge in [-0.2, -0.15) is 0 Å². The van der Waals surface area contributed by atoms with Crippen LogP contribution in [0.5, 0.6) is 0 Å². The molecule has 78 valence electrons. The molecule has 0 saturated carbocycles. The van der Waals surface area contributed by atoms with E-state index in [0.717, 1.165) is 15.4 Å². The van der Waals surface area contributed by atoms with Crippen LogP contribution in [0.1, 0.15) is 10.4 Å².